The van der Waals surface area contributed by atoms with E-state index in [0.717, 1.165) is 11.3 Å². The third kappa shape index (κ3) is 3.29. The van der Waals surface area contributed by atoms with Crippen molar-refractivity contribution < 1.29 is 14.4 Å². The van der Waals surface area contributed by atoms with Gasteiger partial charge in [-0.15, -0.1) is 10.2 Å². The molecule has 0 fully saturated rings. The Morgan fingerprint density at radius 1 is 1.10 bits per heavy atom. The van der Waals surface area contributed by atoms with Crippen molar-refractivity contribution in [3.8, 4) is 22.9 Å². The Morgan fingerprint density at radius 2 is 1.90 bits per heavy atom. The molecule has 146 valence electrons. The largest absolute Gasteiger partial charge is 0.493 e. The van der Waals surface area contributed by atoms with Gasteiger partial charge in [0.25, 0.3) is 11.2 Å². The van der Waals surface area contributed by atoms with Crippen LogP contribution in [0.25, 0.3) is 22.4 Å². The first-order valence-electron chi connectivity index (χ1n) is 8.38. The van der Waals surface area contributed by atoms with Crippen LogP contribution in [0.5, 0.6) is 11.5 Å². The molecule has 0 radical (unpaired) electrons. The van der Waals surface area contributed by atoms with Gasteiger partial charge in [0.2, 0.25) is 4.96 Å². The molecule has 29 heavy (non-hydrogen) atoms. The predicted octanol–water partition coefficient (Wildman–Crippen LogP) is 2.29. The van der Waals surface area contributed by atoms with Crippen LogP contribution in [0.1, 0.15) is 5.56 Å². The lowest BCUT2D eigenvalue weighted by atomic mass is 10.2. The second kappa shape index (κ2) is 7.32. The zero-order valence-corrected chi connectivity index (χ0v) is 16.2. The smallest absolute Gasteiger partial charge is 0.276 e. The summed E-state index contributed by atoms with van der Waals surface area (Å²) >= 11 is 1.16. The zero-order chi connectivity index (χ0) is 20.5. The number of methoxy groups -OCH3 is 2. The minimum Gasteiger partial charge on any atom is -0.493 e. The molecular weight excluding hydrogens is 396 g/mol. The SMILES string of the molecule is COc1ccc(-c2nnc3s/c(=C\c4cccc([N+](=O)[O-])c4)c(=O)n23)cc1OC. The molecule has 0 N–H and O–H groups in total. The molecule has 4 aromatic rings. The number of ether oxygens (including phenoxy) is 2. The van der Waals surface area contributed by atoms with E-state index >= 15 is 0 Å². The number of aromatic nitrogens is 3. The lowest BCUT2D eigenvalue weighted by molar-refractivity contribution is -0.384. The van der Waals surface area contributed by atoms with Crippen molar-refractivity contribution in [3.63, 3.8) is 0 Å². The fraction of sp³-hybridized carbons (Fsp3) is 0.105. The van der Waals surface area contributed by atoms with E-state index in [1.54, 1.807) is 36.4 Å². The van der Waals surface area contributed by atoms with E-state index in [-0.39, 0.29) is 11.2 Å². The fourth-order valence-electron chi connectivity index (χ4n) is 2.90. The van der Waals surface area contributed by atoms with Crippen molar-refractivity contribution >= 4 is 28.1 Å². The molecule has 10 heteroatoms. The first kappa shape index (κ1) is 18.6. The molecule has 9 nitrogen and oxygen atoms in total. The maximum Gasteiger partial charge on any atom is 0.276 e. The Kier molecular flexibility index (Phi) is 4.69. The molecule has 0 unspecified atom stereocenters. The minimum atomic E-state index is -0.476. The van der Waals surface area contributed by atoms with Crippen molar-refractivity contribution in [1.29, 1.82) is 0 Å². The highest BCUT2D eigenvalue weighted by atomic mass is 32.1. The molecule has 2 heterocycles. The van der Waals surface area contributed by atoms with E-state index in [1.807, 2.05) is 0 Å². The maximum absolute atomic E-state index is 13.0. The molecule has 0 spiro atoms. The van der Waals surface area contributed by atoms with Gasteiger partial charge in [0.15, 0.2) is 17.3 Å². The molecule has 4 rings (SSSR count). The molecule has 0 saturated heterocycles. The number of nitro benzene ring substituents is 1. The zero-order valence-electron chi connectivity index (χ0n) is 15.4. The van der Waals surface area contributed by atoms with Gasteiger partial charge >= 0.3 is 0 Å². The number of thiazole rings is 1. The van der Waals surface area contributed by atoms with Gasteiger partial charge in [0.05, 0.1) is 23.7 Å². The van der Waals surface area contributed by atoms with Gasteiger partial charge in [-0.1, -0.05) is 23.5 Å². The highest BCUT2D eigenvalue weighted by molar-refractivity contribution is 7.15. The molecule has 2 aromatic carbocycles. The summed E-state index contributed by atoms with van der Waals surface area (Å²) in [5, 5.41) is 19.2. The van der Waals surface area contributed by atoms with E-state index in [1.165, 1.54) is 30.8 Å². The Bertz CT molecular complexity index is 1340. The highest BCUT2D eigenvalue weighted by Crippen LogP contribution is 2.31. The number of non-ortho nitro benzene ring substituents is 1. The summed E-state index contributed by atoms with van der Waals surface area (Å²) in [5.41, 5.74) is 0.861. The summed E-state index contributed by atoms with van der Waals surface area (Å²) in [6.07, 6.45) is 1.60. The molecule has 2 aromatic heterocycles. The van der Waals surface area contributed by atoms with Crippen LogP contribution in [0.2, 0.25) is 0 Å². The Morgan fingerprint density at radius 3 is 2.62 bits per heavy atom. The van der Waals surface area contributed by atoms with Gasteiger partial charge in [0, 0.05) is 17.7 Å². The van der Waals surface area contributed by atoms with E-state index < -0.39 is 4.92 Å². The number of rotatable bonds is 5. The van der Waals surface area contributed by atoms with E-state index in [2.05, 4.69) is 10.2 Å². The van der Waals surface area contributed by atoms with Crippen molar-refractivity contribution in [2.75, 3.05) is 14.2 Å². The van der Waals surface area contributed by atoms with Crippen molar-refractivity contribution in [1.82, 2.24) is 14.6 Å². The van der Waals surface area contributed by atoms with Crippen LogP contribution in [0.15, 0.2) is 47.3 Å². The Balaban J connectivity index is 1.85. The monoisotopic (exact) mass is 410 g/mol. The molecule has 0 aliphatic heterocycles. The van der Waals surface area contributed by atoms with Crippen molar-refractivity contribution in [2.24, 2.45) is 0 Å². The molecule has 0 aliphatic carbocycles. The first-order chi connectivity index (χ1) is 14.0. The van der Waals surface area contributed by atoms with Crippen LogP contribution in [0, 0.1) is 10.1 Å². The first-order valence-corrected chi connectivity index (χ1v) is 9.20. The van der Waals surface area contributed by atoms with E-state index in [9.17, 15) is 14.9 Å². The van der Waals surface area contributed by atoms with Crippen molar-refractivity contribution in [3.05, 3.63) is 73.0 Å². The quantitative estimate of drug-likeness (QED) is 0.367. The number of nitrogens with zero attached hydrogens (tertiary/aromatic N) is 4. The molecule has 0 saturated carbocycles. The predicted molar refractivity (Wildman–Crippen MR) is 108 cm³/mol. The number of hydrogen-bond donors (Lipinski definition) is 0. The van der Waals surface area contributed by atoms with Gasteiger partial charge < -0.3 is 9.47 Å². The van der Waals surface area contributed by atoms with Crippen LogP contribution in [-0.2, 0) is 0 Å². The molecule has 0 aliphatic rings. The lowest BCUT2D eigenvalue weighted by Gasteiger charge is -2.08. The summed E-state index contributed by atoms with van der Waals surface area (Å²) in [6, 6.07) is 11.3. The minimum absolute atomic E-state index is 0.0415. The van der Waals surface area contributed by atoms with Crippen LogP contribution in [-0.4, -0.2) is 33.7 Å². The Hall–Kier alpha value is -3.79. The van der Waals surface area contributed by atoms with Crippen LogP contribution in [0.4, 0.5) is 5.69 Å². The van der Waals surface area contributed by atoms with Gasteiger partial charge in [0.1, 0.15) is 0 Å². The standard InChI is InChI=1S/C19H14N4O5S/c1-27-14-7-6-12(10-15(14)28-2)17-20-21-19-22(17)18(24)16(29-19)9-11-4-3-5-13(8-11)23(25)26/h3-10H,1-2H3/b16-9-. The molecular formula is C19H14N4O5S. The maximum atomic E-state index is 13.0. The summed E-state index contributed by atoms with van der Waals surface area (Å²) in [6.45, 7) is 0. The number of nitro groups is 1. The highest BCUT2D eigenvalue weighted by Gasteiger charge is 2.16. The van der Waals surface area contributed by atoms with Crippen LogP contribution in [0.3, 0.4) is 0 Å². The van der Waals surface area contributed by atoms with Crippen LogP contribution >= 0.6 is 11.3 Å². The topological polar surface area (TPSA) is 109 Å². The van der Waals surface area contributed by atoms with Gasteiger partial charge in [-0.2, -0.15) is 0 Å². The van der Waals surface area contributed by atoms with Gasteiger partial charge in [-0.3, -0.25) is 14.9 Å². The molecule has 0 amide bonds. The summed E-state index contributed by atoms with van der Waals surface area (Å²) in [5.74, 6) is 1.44. The number of fused-ring (bicyclic) bond motifs is 1. The number of hydrogen-bond acceptors (Lipinski definition) is 8. The molecule has 0 atom stereocenters. The van der Waals surface area contributed by atoms with E-state index in [0.29, 0.717) is 37.9 Å². The lowest BCUT2D eigenvalue weighted by Crippen LogP contribution is -2.23. The normalized spacial score (nSPS) is 11.7. The summed E-state index contributed by atoms with van der Waals surface area (Å²) in [7, 11) is 3.06. The average molecular weight is 410 g/mol. The second-order valence-corrected chi connectivity index (χ2v) is 6.99. The third-order valence-electron chi connectivity index (χ3n) is 4.27. The second-order valence-electron chi connectivity index (χ2n) is 5.98. The van der Waals surface area contributed by atoms with Crippen LogP contribution < -0.4 is 19.6 Å². The summed E-state index contributed by atoms with van der Waals surface area (Å²) in [4.78, 5) is 23.9. The number of benzene rings is 2. The average Bonchev–Trinajstić information content (AvgIpc) is 3.28. The summed E-state index contributed by atoms with van der Waals surface area (Å²) < 4.78 is 12.4. The van der Waals surface area contributed by atoms with E-state index in [4.69, 9.17) is 9.47 Å². The molecule has 0 bridgehead atoms. The van der Waals surface area contributed by atoms with Gasteiger partial charge in [-0.25, -0.2) is 4.40 Å². The van der Waals surface area contributed by atoms with Gasteiger partial charge in [-0.05, 0) is 29.8 Å². The Labute approximate surface area is 167 Å². The third-order valence-corrected chi connectivity index (χ3v) is 5.23. The fourth-order valence-corrected chi connectivity index (χ4v) is 3.82. The van der Waals surface area contributed by atoms with Crippen molar-refractivity contribution in [2.45, 2.75) is 0 Å².